The Morgan fingerprint density at radius 2 is 1.93 bits per heavy atom. The molecule has 2 aromatic heterocycles. The number of carboxylic acids is 1. The molecule has 2 aliphatic rings. The van der Waals surface area contributed by atoms with Gasteiger partial charge in [-0.05, 0) is 60.6 Å². The largest absolute Gasteiger partial charge is 0.481 e. The fourth-order valence-electron chi connectivity index (χ4n) is 5.46. The lowest BCUT2D eigenvalue weighted by molar-refractivity contribution is -0.139. The first kappa shape index (κ1) is 29.6. The van der Waals surface area contributed by atoms with Crippen LogP contribution in [0.15, 0.2) is 59.0 Å². The monoisotopic (exact) mass is 591 g/mol. The molecule has 0 aliphatic heterocycles. The standard InChI is InChI=1S/C32H37N3O6S/c1-32(2)16-14-22(15-17-32)27-26(29(36)33-3)25-19-24(21-12-13-21)28(34-30(25)41-27)35(42(4,39)40)18-8-11-23(31(37)38)20-9-6-5-7-10-20/h5-7,9-10,14-16,19,21,23H,8,11-13,17-18H2,1-4H3,(H,33,36)(H,37,38). The van der Waals surface area contributed by atoms with Crippen LogP contribution in [0, 0.1) is 5.41 Å². The van der Waals surface area contributed by atoms with Crippen molar-refractivity contribution in [2.75, 3.05) is 24.2 Å². The average Bonchev–Trinajstić information content (AvgIpc) is 3.72. The van der Waals surface area contributed by atoms with Crippen LogP contribution in [0.1, 0.15) is 85.0 Å². The number of aromatic nitrogens is 1. The first-order chi connectivity index (χ1) is 19.9. The molecule has 9 nitrogen and oxygen atoms in total. The predicted molar refractivity (Wildman–Crippen MR) is 163 cm³/mol. The zero-order valence-corrected chi connectivity index (χ0v) is 25.2. The molecule has 0 spiro atoms. The molecule has 2 N–H and O–H groups in total. The smallest absolute Gasteiger partial charge is 0.310 e. The van der Waals surface area contributed by atoms with Crippen LogP contribution in [0.2, 0.25) is 0 Å². The van der Waals surface area contributed by atoms with Gasteiger partial charge in [-0.25, -0.2) is 8.42 Å². The van der Waals surface area contributed by atoms with Gasteiger partial charge in [-0.1, -0.05) is 62.4 Å². The fourth-order valence-corrected chi connectivity index (χ4v) is 6.38. The Hall–Kier alpha value is -3.92. The molecule has 3 aromatic rings. The summed E-state index contributed by atoms with van der Waals surface area (Å²) in [6.07, 6.45) is 10.3. The summed E-state index contributed by atoms with van der Waals surface area (Å²) < 4.78 is 33.8. The van der Waals surface area contributed by atoms with E-state index in [1.807, 2.05) is 24.3 Å². The minimum absolute atomic E-state index is 0.0105. The van der Waals surface area contributed by atoms with Gasteiger partial charge in [-0.15, -0.1) is 0 Å². The number of hydrogen-bond acceptors (Lipinski definition) is 6. The molecule has 1 atom stereocenters. The number of fused-ring (bicyclic) bond motifs is 1. The highest BCUT2D eigenvalue weighted by Crippen LogP contribution is 2.47. The van der Waals surface area contributed by atoms with E-state index in [2.05, 4.69) is 25.2 Å². The van der Waals surface area contributed by atoms with Crippen molar-refractivity contribution >= 4 is 44.4 Å². The Morgan fingerprint density at radius 3 is 2.50 bits per heavy atom. The van der Waals surface area contributed by atoms with Gasteiger partial charge in [-0.2, -0.15) is 4.98 Å². The number of furan rings is 1. The summed E-state index contributed by atoms with van der Waals surface area (Å²) in [6.45, 7) is 4.32. The summed E-state index contributed by atoms with van der Waals surface area (Å²) in [5.74, 6) is -1.22. The van der Waals surface area contributed by atoms with Crippen LogP contribution in [-0.2, 0) is 14.8 Å². The number of benzene rings is 1. The molecule has 1 unspecified atom stereocenters. The number of rotatable bonds is 11. The minimum atomic E-state index is -3.78. The first-order valence-electron chi connectivity index (χ1n) is 14.2. The third-order valence-electron chi connectivity index (χ3n) is 7.98. The molecule has 0 radical (unpaired) electrons. The summed E-state index contributed by atoms with van der Waals surface area (Å²) in [5.41, 5.74) is 2.75. The van der Waals surface area contributed by atoms with E-state index in [9.17, 15) is 23.1 Å². The summed E-state index contributed by atoms with van der Waals surface area (Å²) >= 11 is 0. The topological polar surface area (TPSA) is 130 Å². The van der Waals surface area contributed by atoms with Gasteiger partial charge >= 0.3 is 5.97 Å². The summed E-state index contributed by atoms with van der Waals surface area (Å²) in [7, 11) is -2.21. The van der Waals surface area contributed by atoms with Crippen molar-refractivity contribution in [2.24, 2.45) is 5.41 Å². The maximum absolute atomic E-state index is 13.1. The van der Waals surface area contributed by atoms with E-state index >= 15 is 0 Å². The zero-order valence-electron chi connectivity index (χ0n) is 24.4. The highest BCUT2D eigenvalue weighted by molar-refractivity contribution is 7.92. The Balaban J connectivity index is 1.55. The Bertz CT molecular complexity index is 1680. The molecule has 5 rings (SSSR count). The SMILES string of the molecule is CNC(=O)c1c(C2=CCC(C)(C)C=C2)oc2nc(N(CCCC(C(=O)O)c3ccccc3)S(C)(=O)=O)c(C3CC3)cc12. The number of sulfonamides is 1. The van der Waals surface area contributed by atoms with Crippen molar-refractivity contribution in [3.8, 4) is 0 Å². The molecule has 42 heavy (non-hydrogen) atoms. The second-order valence-corrected chi connectivity index (χ2v) is 13.8. The second kappa shape index (κ2) is 11.4. The number of carbonyl (C=O) groups excluding carboxylic acids is 1. The Kier molecular flexibility index (Phi) is 8.02. The number of nitrogens with zero attached hydrogens (tertiary/aromatic N) is 2. The molecule has 1 saturated carbocycles. The molecule has 10 heteroatoms. The van der Waals surface area contributed by atoms with E-state index in [1.54, 1.807) is 31.3 Å². The van der Waals surface area contributed by atoms with Gasteiger partial charge in [-0.3, -0.25) is 13.9 Å². The molecule has 222 valence electrons. The number of allylic oxidation sites excluding steroid dienone is 4. The van der Waals surface area contributed by atoms with Gasteiger partial charge in [0.25, 0.3) is 5.91 Å². The van der Waals surface area contributed by atoms with Crippen LogP contribution in [0.5, 0.6) is 0 Å². The molecule has 0 saturated heterocycles. The van der Waals surface area contributed by atoms with Crippen molar-refractivity contribution in [1.82, 2.24) is 10.3 Å². The van der Waals surface area contributed by atoms with Crippen molar-refractivity contribution in [3.63, 3.8) is 0 Å². The van der Waals surface area contributed by atoms with Crippen molar-refractivity contribution in [2.45, 2.75) is 57.8 Å². The molecule has 0 bridgehead atoms. The van der Waals surface area contributed by atoms with Gasteiger partial charge in [0.15, 0.2) is 0 Å². The molecule has 1 amide bonds. The quantitative estimate of drug-likeness (QED) is 0.286. The molecular weight excluding hydrogens is 554 g/mol. The highest BCUT2D eigenvalue weighted by atomic mass is 32.2. The van der Waals surface area contributed by atoms with Crippen LogP contribution < -0.4 is 9.62 Å². The molecule has 1 fully saturated rings. The van der Waals surface area contributed by atoms with Crippen LogP contribution in [0.3, 0.4) is 0 Å². The predicted octanol–water partition coefficient (Wildman–Crippen LogP) is 5.85. The van der Waals surface area contributed by atoms with Crippen LogP contribution in [-0.4, -0.2) is 50.2 Å². The van der Waals surface area contributed by atoms with Gasteiger partial charge in [0.2, 0.25) is 15.7 Å². The van der Waals surface area contributed by atoms with Crippen molar-refractivity contribution in [1.29, 1.82) is 0 Å². The van der Waals surface area contributed by atoms with Crippen molar-refractivity contribution < 1.29 is 27.5 Å². The summed E-state index contributed by atoms with van der Waals surface area (Å²) in [5, 5.41) is 13.1. The highest BCUT2D eigenvalue weighted by Gasteiger charge is 2.35. The maximum atomic E-state index is 13.1. The molecule has 1 aromatic carbocycles. The van der Waals surface area contributed by atoms with E-state index in [0.717, 1.165) is 36.7 Å². The number of pyridine rings is 1. The van der Waals surface area contributed by atoms with Crippen LogP contribution in [0.25, 0.3) is 16.7 Å². The number of anilines is 1. The van der Waals surface area contributed by atoms with E-state index in [4.69, 9.17) is 9.40 Å². The lowest BCUT2D eigenvalue weighted by Gasteiger charge is -2.24. The average molecular weight is 592 g/mol. The fraction of sp³-hybridized carbons (Fsp3) is 0.406. The van der Waals surface area contributed by atoms with E-state index in [0.29, 0.717) is 28.7 Å². The maximum Gasteiger partial charge on any atom is 0.310 e. The van der Waals surface area contributed by atoms with E-state index in [1.165, 1.54) is 4.31 Å². The molecular formula is C32H37N3O6S. The molecule has 2 heterocycles. The third-order valence-corrected chi connectivity index (χ3v) is 9.13. The third kappa shape index (κ3) is 6.13. The molecule has 2 aliphatic carbocycles. The number of carboxylic acid groups (broad SMARTS) is 1. The summed E-state index contributed by atoms with van der Waals surface area (Å²) in [6, 6.07) is 10.8. The van der Waals surface area contributed by atoms with E-state index < -0.39 is 21.9 Å². The van der Waals surface area contributed by atoms with E-state index in [-0.39, 0.29) is 41.7 Å². The van der Waals surface area contributed by atoms with Gasteiger partial charge in [0.1, 0.15) is 11.6 Å². The number of nitrogens with one attached hydrogen (secondary N) is 1. The summed E-state index contributed by atoms with van der Waals surface area (Å²) in [4.78, 5) is 29.9. The zero-order chi connectivity index (χ0) is 30.2. The van der Waals surface area contributed by atoms with Gasteiger partial charge in [0, 0.05) is 19.2 Å². The number of hydrogen-bond donors (Lipinski definition) is 2. The van der Waals surface area contributed by atoms with Crippen LogP contribution in [0.4, 0.5) is 5.82 Å². The number of amides is 1. The lowest BCUT2D eigenvalue weighted by Crippen LogP contribution is -2.33. The van der Waals surface area contributed by atoms with Gasteiger partial charge in [0.05, 0.1) is 23.1 Å². The number of aliphatic carboxylic acids is 1. The normalized spacial score (nSPS) is 17.1. The minimum Gasteiger partial charge on any atom is -0.481 e. The van der Waals surface area contributed by atoms with Crippen molar-refractivity contribution in [3.05, 3.63) is 77.1 Å². The lowest BCUT2D eigenvalue weighted by atomic mass is 9.83. The number of carbonyl (C=O) groups is 2. The Labute approximate surface area is 246 Å². The first-order valence-corrected chi connectivity index (χ1v) is 16.1. The van der Waals surface area contributed by atoms with Crippen LogP contribution >= 0.6 is 0 Å². The van der Waals surface area contributed by atoms with Gasteiger partial charge < -0.3 is 14.8 Å². The second-order valence-electron chi connectivity index (χ2n) is 11.9. The Morgan fingerprint density at radius 1 is 1.21 bits per heavy atom.